The van der Waals surface area contributed by atoms with E-state index in [2.05, 4.69) is 10.6 Å². The summed E-state index contributed by atoms with van der Waals surface area (Å²) in [5.41, 5.74) is 0. The molecule has 0 radical (unpaired) electrons. The molecule has 1 fully saturated rings. The van der Waals surface area contributed by atoms with Crippen LogP contribution in [0.3, 0.4) is 0 Å². The normalized spacial score (nSPS) is 29.5. The number of nitrogens with one attached hydrogen (secondary N) is 3. The summed E-state index contributed by atoms with van der Waals surface area (Å²) >= 11 is 5.39. The van der Waals surface area contributed by atoms with Gasteiger partial charge in [0.2, 0.25) is 11.8 Å². The molecule has 0 aromatic carbocycles. The van der Waals surface area contributed by atoms with Crippen LogP contribution < -0.4 is 15.5 Å². The van der Waals surface area contributed by atoms with Crippen LogP contribution in [0.2, 0.25) is 0 Å². The number of carboxylic acids is 1. The molecule has 180 valence electrons. The fourth-order valence-electron chi connectivity index (χ4n) is 2.80. The number of aliphatic carboxylic acids is 1. The van der Waals surface area contributed by atoms with Gasteiger partial charge in [0.1, 0.15) is 48.6 Å². The van der Waals surface area contributed by atoms with Gasteiger partial charge >= 0.3 is 5.97 Å². The number of aliphatic hydroxyl groups excluding tert-OH is 4. The fourth-order valence-corrected chi connectivity index (χ4v) is 2.98. The third-order valence-electron chi connectivity index (χ3n) is 4.71. The molecular formula is C16H26ClF2N3O9. The number of amides is 2. The first-order valence-electron chi connectivity index (χ1n) is 9.14. The number of carboxylic acid groups (broad SMARTS) is 1. The molecule has 1 heterocycles. The van der Waals surface area contributed by atoms with Crippen LogP contribution in [0.25, 0.3) is 0 Å². The molecule has 1 aliphatic rings. The lowest BCUT2D eigenvalue weighted by molar-refractivity contribution is -0.282. The topological polar surface area (TPSA) is 198 Å². The molecule has 1 rings (SSSR count). The molecule has 0 spiro atoms. The molecule has 12 nitrogen and oxygen atoms in total. The zero-order valence-electron chi connectivity index (χ0n) is 16.5. The number of carbonyl (C=O) groups excluding carboxylic acids is 2. The summed E-state index contributed by atoms with van der Waals surface area (Å²) in [7, 11) is 0. The minimum absolute atomic E-state index is 0.891. The summed E-state index contributed by atoms with van der Waals surface area (Å²) in [6.45, 7) is 1.44. The van der Waals surface area contributed by atoms with Crippen molar-refractivity contribution in [3.63, 3.8) is 0 Å². The summed E-state index contributed by atoms with van der Waals surface area (Å²) in [5, 5.41) is 51.3. The van der Waals surface area contributed by atoms with E-state index in [4.69, 9.17) is 26.7 Å². The highest BCUT2D eigenvalue weighted by Crippen LogP contribution is 2.35. The summed E-state index contributed by atoms with van der Waals surface area (Å²) in [4.78, 5) is 36.7. The number of hydrogen-bond donors (Lipinski definition) is 8. The average molecular weight is 478 g/mol. The van der Waals surface area contributed by atoms with Crippen molar-refractivity contribution < 1.29 is 53.4 Å². The zero-order valence-corrected chi connectivity index (χ0v) is 17.3. The Bertz CT molecular complexity index is 658. The van der Waals surface area contributed by atoms with E-state index >= 15 is 0 Å². The largest absolute Gasteiger partial charge is 0.480 e. The second-order valence-corrected chi connectivity index (χ2v) is 7.39. The number of rotatable bonds is 10. The first kappa shape index (κ1) is 27.4. The molecule has 8 N–H and O–H groups in total. The van der Waals surface area contributed by atoms with Crippen LogP contribution in [0.4, 0.5) is 8.78 Å². The first-order valence-corrected chi connectivity index (χ1v) is 9.52. The molecule has 2 amide bonds. The van der Waals surface area contributed by atoms with Gasteiger partial charge in [-0.1, -0.05) is 0 Å². The van der Waals surface area contributed by atoms with Gasteiger partial charge in [0, 0.05) is 6.42 Å². The van der Waals surface area contributed by atoms with Gasteiger partial charge in [-0.05, 0) is 25.6 Å². The maximum absolute atomic E-state index is 14.7. The van der Waals surface area contributed by atoms with Crippen LogP contribution in [-0.2, 0) is 19.1 Å². The Balaban J connectivity index is 2.84. The van der Waals surface area contributed by atoms with Gasteiger partial charge < -0.3 is 40.9 Å². The summed E-state index contributed by atoms with van der Waals surface area (Å²) < 4.78 is 34.3. The number of halogens is 3. The van der Waals surface area contributed by atoms with Crippen molar-refractivity contribution in [3.8, 4) is 0 Å². The predicted octanol–water partition coefficient (Wildman–Crippen LogP) is -2.94. The van der Waals surface area contributed by atoms with Crippen LogP contribution in [0.5, 0.6) is 0 Å². The molecule has 1 saturated heterocycles. The van der Waals surface area contributed by atoms with Crippen LogP contribution in [0.1, 0.15) is 20.3 Å². The highest BCUT2D eigenvalue weighted by Gasteiger charge is 2.55. The van der Waals surface area contributed by atoms with Crippen molar-refractivity contribution in [3.05, 3.63) is 0 Å². The fraction of sp³-hybridized carbons (Fsp3) is 0.812. The van der Waals surface area contributed by atoms with Crippen molar-refractivity contribution in [2.75, 3.05) is 6.61 Å². The van der Waals surface area contributed by atoms with Gasteiger partial charge in [0.15, 0.2) is 0 Å². The first-order chi connectivity index (χ1) is 14.3. The highest BCUT2D eigenvalue weighted by molar-refractivity contribution is 6.15. The van der Waals surface area contributed by atoms with Gasteiger partial charge in [-0.3, -0.25) is 14.4 Å². The van der Waals surface area contributed by atoms with Gasteiger partial charge in [-0.2, -0.15) is 0 Å². The molecule has 0 aromatic heterocycles. The Morgan fingerprint density at radius 3 is 2.06 bits per heavy atom. The maximum atomic E-state index is 14.7. The molecule has 31 heavy (non-hydrogen) atoms. The molecule has 0 aliphatic carbocycles. The molecule has 0 aromatic rings. The van der Waals surface area contributed by atoms with E-state index in [9.17, 15) is 38.5 Å². The van der Waals surface area contributed by atoms with E-state index in [0.717, 1.165) is 0 Å². The van der Waals surface area contributed by atoms with E-state index in [1.807, 2.05) is 4.84 Å². The monoisotopic (exact) mass is 477 g/mol. The van der Waals surface area contributed by atoms with Crippen molar-refractivity contribution in [1.29, 1.82) is 0 Å². The Hall–Kier alpha value is -1.68. The van der Waals surface area contributed by atoms with Gasteiger partial charge in [-0.15, -0.1) is 0 Å². The Morgan fingerprint density at radius 1 is 1.03 bits per heavy atom. The quantitative estimate of drug-likeness (QED) is 0.151. The van der Waals surface area contributed by atoms with Crippen LogP contribution >= 0.6 is 11.8 Å². The van der Waals surface area contributed by atoms with E-state index in [-0.39, 0.29) is 0 Å². The third kappa shape index (κ3) is 6.90. The number of hydrogen-bond acceptors (Lipinski definition) is 9. The minimum atomic E-state index is -3.98. The molecule has 0 bridgehead atoms. The number of alkyl halides is 2. The lowest BCUT2D eigenvalue weighted by atomic mass is 9.89. The number of carbonyl (C=O) groups is 3. The Morgan fingerprint density at radius 2 is 1.58 bits per heavy atom. The van der Waals surface area contributed by atoms with E-state index in [1.54, 1.807) is 0 Å². The van der Waals surface area contributed by atoms with E-state index < -0.39 is 85.4 Å². The van der Waals surface area contributed by atoms with Crippen molar-refractivity contribution in [2.24, 2.45) is 0 Å². The van der Waals surface area contributed by atoms with E-state index in [1.165, 1.54) is 13.8 Å². The molecule has 8 atom stereocenters. The molecule has 1 aliphatic heterocycles. The van der Waals surface area contributed by atoms with E-state index in [0.29, 0.717) is 0 Å². The predicted molar refractivity (Wildman–Crippen MR) is 99.0 cm³/mol. The number of ether oxygens (including phenoxy) is 1. The van der Waals surface area contributed by atoms with Crippen LogP contribution in [0.15, 0.2) is 0 Å². The van der Waals surface area contributed by atoms with Crippen molar-refractivity contribution >= 4 is 29.6 Å². The molecule has 15 heteroatoms. The van der Waals surface area contributed by atoms with Crippen molar-refractivity contribution in [1.82, 2.24) is 15.5 Å². The van der Waals surface area contributed by atoms with Crippen LogP contribution in [0, 0.1) is 0 Å². The summed E-state index contributed by atoms with van der Waals surface area (Å²) in [6.07, 6.45) is -11.5. The maximum Gasteiger partial charge on any atom is 0.325 e. The number of aliphatic hydroxyl groups is 4. The molecular weight excluding hydrogens is 452 g/mol. The summed E-state index contributed by atoms with van der Waals surface area (Å²) in [5.74, 6) is -7.35. The van der Waals surface area contributed by atoms with Gasteiger partial charge in [0.05, 0.1) is 6.61 Å². The zero-order chi connectivity index (χ0) is 24.1. The van der Waals surface area contributed by atoms with Crippen molar-refractivity contribution in [2.45, 2.75) is 74.8 Å². The lowest BCUT2D eigenvalue weighted by Crippen LogP contribution is -2.64. The second kappa shape index (κ2) is 11.3. The van der Waals surface area contributed by atoms with Crippen LogP contribution in [-0.4, -0.2) is 104 Å². The second-order valence-electron chi connectivity index (χ2n) is 7.18. The summed E-state index contributed by atoms with van der Waals surface area (Å²) in [6, 6.07) is -4.37. The minimum Gasteiger partial charge on any atom is -0.480 e. The third-order valence-corrected chi connectivity index (χ3v) is 4.98. The Kier molecular flexibility index (Phi) is 9.94. The smallest absolute Gasteiger partial charge is 0.325 e. The van der Waals surface area contributed by atoms with Gasteiger partial charge in [0.25, 0.3) is 5.92 Å². The average Bonchev–Trinajstić information content (AvgIpc) is 2.69. The highest BCUT2D eigenvalue weighted by atomic mass is 35.5. The Labute approximate surface area is 180 Å². The lowest BCUT2D eigenvalue weighted by Gasteiger charge is -2.43. The molecule has 0 saturated carbocycles. The standard InChI is InChI=1S/C16H26ClF2N3O9/c1-5(13(27)21-6(2)15(29)30)20-14(28)7(22-17)3-16(18,19)12-11(26)10(25)9(24)8(4-23)31-12/h5-12,22-26H,3-4H2,1-2H3,(H,20,28)(H,21,27)(H,29,30). The van der Waals surface area contributed by atoms with Gasteiger partial charge in [-0.25, -0.2) is 13.6 Å². The SMILES string of the molecule is CC(NC(=O)C(C)NC(=O)C(CC(F)(F)C1OC(CO)C(O)C(O)C1O)NCl)C(=O)O. The molecule has 8 unspecified atom stereocenters.